The molecule has 0 radical (unpaired) electrons. The van der Waals surface area contributed by atoms with Crippen molar-refractivity contribution in [1.82, 2.24) is 20.2 Å². The third kappa shape index (κ3) is 4.95. The molecule has 43 heavy (non-hydrogen) atoms. The van der Waals surface area contributed by atoms with E-state index in [1.807, 2.05) is 0 Å². The molecule has 0 amide bonds. The topological polar surface area (TPSA) is 64.5 Å². The minimum absolute atomic E-state index is 0.117. The first-order chi connectivity index (χ1) is 20.3. The van der Waals surface area contributed by atoms with Gasteiger partial charge in [-0.2, -0.15) is 13.2 Å². The molecule has 226 valence electrons. The maximum absolute atomic E-state index is 16.3. The zero-order chi connectivity index (χ0) is 30.3. The van der Waals surface area contributed by atoms with Crippen molar-refractivity contribution in [2.75, 3.05) is 31.1 Å². The second-order valence-corrected chi connectivity index (χ2v) is 12.3. The Morgan fingerprint density at radius 3 is 2.58 bits per heavy atom. The van der Waals surface area contributed by atoms with Gasteiger partial charge in [-0.15, -0.1) is 0 Å². The van der Waals surface area contributed by atoms with E-state index < -0.39 is 57.5 Å². The van der Waals surface area contributed by atoms with Gasteiger partial charge in [0.15, 0.2) is 5.82 Å². The number of halogens is 7. The summed E-state index contributed by atoms with van der Waals surface area (Å²) in [5, 5.41) is 13.0. The van der Waals surface area contributed by atoms with Crippen LogP contribution in [0.25, 0.3) is 22.2 Å². The number of nitrogens with zero attached hydrogens (tertiary/aromatic N) is 4. The van der Waals surface area contributed by atoms with Crippen LogP contribution in [0.1, 0.15) is 43.4 Å². The van der Waals surface area contributed by atoms with Gasteiger partial charge in [0.25, 0.3) is 5.92 Å². The second-order valence-electron chi connectivity index (χ2n) is 11.9. The van der Waals surface area contributed by atoms with E-state index in [4.69, 9.17) is 11.6 Å². The first-order valence-electron chi connectivity index (χ1n) is 14.1. The number of benzene rings is 1. The Bertz CT molecular complexity index is 1690. The SMILES string of the molecule is Oc1cc(Cl)c(C(F)(F)F)c(-c2ncc3c(N4CC5CCC(C4)N5)cc(C#CC45CCCN4CC(F)(F)C5)nc3c2F)c1. The van der Waals surface area contributed by atoms with E-state index in [1.54, 1.807) is 11.0 Å². The summed E-state index contributed by atoms with van der Waals surface area (Å²) in [5.41, 5.74) is -3.35. The lowest BCUT2D eigenvalue weighted by molar-refractivity contribution is -0.137. The third-order valence-corrected chi connectivity index (χ3v) is 9.26. The molecule has 2 bridgehead atoms. The van der Waals surface area contributed by atoms with Crippen LogP contribution >= 0.6 is 11.6 Å². The van der Waals surface area contributed by atoms with E-state index in [-0.39, 0.29) is 35.2 Å². The Balaban J connectivity index is 1.41. The van der Waals surface area contributed by atoms with Crippen molar-refractivity contribution in [2.45, 2.75) is 61.8 Å². The molecule has 0 saturated carbocycles. The molecule has 0 spiro atoms. The van der Waals surface area contributed by atoms with Gasteiger partial charge in [0.2, 0.25) is 0 Å². The summed E-state index contributed by atoms with van der Waals surface area (Å²) in [5.74, 6) is 1.36. The predicted molar refractivity (Wildman–Crippen MR) is 149 cm³/mol. The van der Waals surface area contributed by atoms with Gasteiger partial charge in [0.1, 0.15) is 22.7 Å². The molecule has 3 aromatic rings. The number of hydrogen-bond donors (Lipinski definition) is 2. The largest absolute Gasteiger partial charge is 0.508 e. The number of rotatable bonds is 2. The van der Waals surface area contributed by atoms with E-state index in [2.05, 4.69) is 32.0 Å². The Kier molecular flexibility index (Phi) is 6.54. The Hall–Kier alpha value is -3.27. The monoisotopic (exact) mass is 621 g/mol. The van der Waals surface area contributed by atoms with Crippen LogP contribution in [0.2, 0.25) is 5.02 Å². The Morgan fingerprint density at radius 1 is 1.12 bits per heavy atom. The first kappa shape index (κ1) is 28.5. The van der Waals surface area contributed by atoms with Gasteiger partial charge < -0.3 is 15.3 Å². The lowest BCUT2D eigenvalue weighted by Crippen LogP contribution is -2.51. The summed E-state index contributed by atoms with van der Waals surface area (Å²) >= 11 is 5.86. The molecule has 2 aromatic heterocycles. The molecule has 2 N–H and O–H groups in total. The standard InChI is InChI=1S/C30H26ClF6N5O/c31-22-10-19(43)9-20(24(22)30(35,36)37)26-25(32)27-21(11-38-26)23(41-12-17-2-3-18(13-41)39-17)8-16(40-27)4-6-28-5-1-7-42(28)15-29(33,34)14-28/h8-11,17-18,39,43H,1-3,5,7,12-15H2. The molecule has 6 nitrogen and oxygen atoms in total. The number of pyridine rings is 2. The molecule has 6 heterocycles. The minimum atomic E-state index is -4.97. The van der Waals surface area contributed by atoms with Crippen molar-refractivity contribution < 1.29 is 31.4 Å². The zero-order valence-corrected chi connectivity index (χ0v) is 23.5. The fourth-order valence-electron chi connectivity index (χ4n) is 7.20. The average molecular weight is 622 g/mol. The highest BCUT2D eigenvalue weighted by atomic mass is 35.5. The molecule has 1 aromatic carbocycles. The predicted octanol–water partition coefficient (Wildman–Crippen LogP) is 5.98. The van der Waals surface area contributed by atoms with Crippen LogP contribution in [0.5, 0.6) is 5.75 Å². The minimum Gasteiger partial charge on any atom is -0.508 e. The molecule has 3 unspecified atom stereocenters. The molecule has 7 rings (SSSR count). The summed E-state index contributed by atoms with van der Waals surface area (Å²) in [6, 6.07) is 3.59. The number of aromatic nitrogens is 2. The van der Waals surface area contributed by atoms with Crippen LogP contribution in [0.3, 0.4) is 0 Å². The normalized spacial score (nSPS) is 26.5. The van der Waals surface area contributed by atoms with Crippen molar-refractivity contribution in [1.29, 1.82) is 0 Å². The molecule has 0 aliphatic carbocycles. The van der Waals surface area contributed by atoms with Crippen molar-refractivity contribution in [3.05, 3.63) is 46.5 Å². The maximum Gasteiger partial charge on any atom is 0.418 e. The van der Waals surface area contributed by atoms with Gasteiger partial charge in [-0.1, -0.05) is 17.5 Å². The van der Waals surface area contributed by atoms with Gasteiger partial charge in [0.05, 0.1) is 28.4 Å². The first-order valence-corrected chi connectivity index (χ1v) is 14.5. The van der Waals surface area contributed by atoms with Crippen molar-refractivity contribution in [2.24, 2.45) is 0 Å². The average Bonchev–Trinajstić information content (AvgIpc) is 3.54. The summed E-state index contributed by atoms with van der Waals surface area (Å²) in [7, 11) is 0. The number of phenols is 1. The van der Waals surface area contributed by atoms with Crippen LogP contribution in [-0.4, -0.2) is 69.7 Å². The summed E-state index contributed by atoms with van der Waals surface area (Å²) < 4.78 is 87.1. The molecule has 4 saturated heterocycles. The molecule has 3 atom stereocenters. The molecule has 4 aliphatic heterocycles. The fraction of sp³-hybridized carbons (Fsp3) is 0.467. The zero-order valence-electron chi connectivity index (χ0n) is 22.7. The number of anilines is 1. The van der Waals surface area contributed by atoms with Gasteiger partial charge in [-0.25, -0.2) is 18.2 Å². The van der Waals surface area contributed by atoms with Gasteiger partial charge in [0, 0.05) is 48.7 Å². The van der Waals surface area contributed by atoms with Crippen LogP contribution in [0.4, 0.5) is 32.0 Å². The second kappa shape index (κ2) is 9.87. The van der Waals surface area contributed by atoms with Gasteiger partial charge in [-0.05, 0) is 56.3 Å². The highest BCUT2D eigenvalue weighted by Gasteiger charge is 2.56. The van der Waals surface area contributed by atoms with E-state index >= 15 is 4.39 Å². The number of phenolic OH excluding ortho intramolecular Hbond substituents is 1. The molecule has 13 heteroatoms. The van der Waals surface area contributed by atoms with Crippen LogP contribution in [0, 0.1) is 17.7 Å². The van der Waals surface area contributed by atoms with Gasteiger partial charge >= 0.3 is 6.18 Å². The van der Waals surface area contributed by atoms with Crippen LogP contribution in [-0.2, 0) is 6.18 Å². The van der Waals surface area contributed by atoms with Gasteiger partial charge in [-0.3, -0.25) is 9.88 Å². The highest BCUT2D eigenvalue weighted by Crippen LogP contribution is 2.46. The fourth-order valence-corrected chi connectivity index (χ4v) is 7.52. The summed E-state index contributed by atoms with van der Waals surface area (Å²) in [4.78, 5) is 12.2. The highest BCUT2D eigenvalue weighted by molar-refractivity contribution is 6.32. The smallest absolute Gasteiger partial charge is 0.418 e. The number of piperazine rings is 1. The van der Waals surface area contributed by atoms with E-state index in [0.717, 1.165) is 31.4 Å². The number of nitrogens with one attached hydrogen (secondary N) is 1. The maximum atomic E-state index is 16.3. The van der Waals surface area contributed by atoms with Crippen molar-refractivity contribution in [3.63, 3.8) is 0 Å². The Morgan fingerprint density at radius 2 is 1.86 bits per heavy atom. The number of fused-ring (bicyclic) bond motifs is 4. The number of aromatic hydroxyl groups is 1. The number of hydrogen-bond acceptors (Lipinski definition) is 6. The Labute approximate surface area is 248 Å². The molecular formula is C30H26ClF6N5O. The van der Waals surface area contributed by atoms with Crippen LogP contribution < -0.4 is 10.2 Å². The lowest BCUT2D eigenvalue weighted by Gasteiger charge is -2.35. The molecule has 4 fully saturated rings. The van der Waals surface area contributed by atoms with Crippen molar-refractivity contribution >= 4 is 28.2 Å². The van der Waals surface area contributed by atoms with Crippen LogP contribution in [0.15, 0.2) is 24.4 Å². The molecule has 4 aliphatic rings. The van der Waals surface area contributed by atoms with E-state index in [9.17, 15) is 27.1 Å². The quantitative estimate of drug-likeness (QED) is 0.271. The van der Waals surface area contributed by atoms with Crippen molar-refractivity contribution in [3.8, 4) is 28.8 Å². The summed E-state index contributed by atoms with van der Waals surface area (Å²) in [6.45, 7) is 1.34. The molecular weight excluding hydrogens is 596 g/mol. The van der Waals surface area contributed by atoms with E-state index in [0.29, 0.717) is 31.7 Å². The lowest BCUT2D eigenvalue weighted by atomic mass is 9.93. The summed E-state index contributed by atoms with van der Waals surface area (Å²) in [6.07, 6.45) is -0.970. The van der Waals surface area contributed by atoms with E-state index in [1.165, 1.54) is 6.20 Å². The number of alkyl halides is 5. The third-order valence-electron chi connectivity index (χ3n) is 8.97.